The molecule has 102 valence electrons. The molecule has 6 heteroatoms. The highest BCUT2D eigenvalue weighted by atomic mass is 19.3. The molecule has 0 fully saturated rings. The summed E-state index contributed by atoms with van der Waals surface area (Å²) in [6, 6.07) is 9.82. The van der Waals surface area contributed by atoms with E-state index in [4.69, 9.17) is 11.5 Å². The number of nitrogen functional groups attached to an aromatic ring is 2. The average molecular weight is 268 g/mol. The quantitative estimate of drug-likeness (QED) is 0.472. The molecular weight excluding hydrogens is 254 g/mol. The van der Waals surface area contributed by atoms with Crippen molar-refractivity contribution in [3.63, 3.8) is 0 Å². The normalized spacial score (nSPS) is 9.58. The van der Waals surface area contributed by atoms with Crippen LogP contribution in [0.3, 0.4) is 0 Å². The number of nitrogens with two attached hydrogens (primary N) is 2. The molecule has 19 heavy (non-hydrogen) atoms. The SMILES string of the molecule is FCF.Nc1cc(-c2ccc(N)c(O)c2)ccc1O. The van der Waals surface area contributed by atoms with Crippen molar-refractivity contribution in [3.05, 3.63) is 36.4 Å². The van der Waals surface area contributed by atoms with E-state index in [2.05, 4.69) is 0 Å². The zero-order valence-electron chi connectivity index (χ0n) is 9.98. The van der Waals surface area contributed by atoms with Gasteiger partial charge in [-0.15, -0.1) is 0 Å². The molecule has 6 N–H and O–H groups in total. The van der Waals surface area contributed by atoms with Crippen molar-refractivity contribution >= 4 is 11.4 Å². The molecule has 0 aliphatic rings. The molecule has 0 saturated carbocycles. The van der Waals surface area contributed by atoms with Crippen LogP contribution in [0.25, 0.3) is 11.1 Å². The van der Waals surface area contributed by atoms with E-state index in [0.717, 1.165) is 11.1 Å². The Bertz CT molecular complexity index is 513. The Labute approximate surface area is 108 Å². The maximum absolute atomic E-state index is 9.62. The Morgan fingerprint density at radius 1 is 0.789 bits per heavy atom. The summed E-state index contributed by atoms with van der Waals surface area (Å²) in [5, 5.41) is 18.8. The van der Waals surface area contributed by atoms with E-state index in [1.807, 2.05) is 0 Å². The Kier molecular flexibility index (Phi) is 4.93. The predicted molar refractivity (Wildman–Crippen MR) is 71.1 cm³/mol. The highest BCUT2D eigenvalue weighted by Gasteiger charge is 2.04. The van der Waals surface area contributed by atoms with Gasteiger partial charge in [-0.3, -0.25) is 0 Å². The molecule has 0 bridgehead atoms. The van der Waals surface area contributed by atoms with E-state index in [9.17, 15) is 19.0 Å². The standard InChI is InChI=1S/C12H12N2O2.CH2F2/c13-9-3-1-8(6-12(9)16)7-2-4-11(15)10(14)5-7;2-1-3/h1-6,15-16H,13-14H2;1H2. The topological polar surface area (TPSA) is 92.5 Å². The number of aromatic hydroxyl groups is 2. The van der Waals surface area contributed by atoms with Crippen molar-refractivity contribution < 1.29 is 19.0 Å². The van der Waals surface area contributed by atoms with E-state index in [1.54, 1.807) is 30.3 Å². The summed E-state index contributed by atoms with van der Waals surface area (Å²) < 4.78 is 19.2. The van der Waals surface area contributed by atoms with E-state index >= 15 is 0 Å². The summed E-state index contributed by atoms with van der Waals surface area (Å²) in [4.78, 5) is 0. The van der Waals surface area contributed by atoms with Gasteiger partial charge in [0.1, 0.15) is 11.5 Å². The fourth-order valence-corrected chi connectivity index (χ4v) is 1.46. The lowest BCUT2D eigenvalue weighted by Gasteiger charge is -2.06. The van der Waals surface area contributed by atoms with Gasteiger partial charge in [0.15, 0.2) is 0 Å². The zero-order chi connectivity index (χ0) is 14.4. The minimum absolute atomic E-state index is 0.0316. The summed E-state index contributed by atoms with van der Waals surface area (Å²) in [6.07, 6.45) is 0. The Morgan fingerprint density at radius 3 is 1.84 bits per heavy atom. The van der Waals surface area contributed by atoms with Crippen molar-refractivity contribution in [1.82, 2.24) is 0 Å². The number of rotatable bonds is 1. The lowest BCUT2D eigenvalue weighted by Crippen LogP contribution is -1.88. The van der Waals surface area contributed by atoms with E-state index in [-0.39, 0.29) is 11.5 Å². The van der Waals surface area contributed by atoms with Crippen LogP contribution in [-0.4, -0.2) is 17.1 Å². The lowest BCUT2D eigenvalue weighted by molar-refractivity contribution is 0.295. The van der Waals surface area contributed by atoms with Gasteiger partial charge in [0.05, 0.1) is 11.4 Å². The van der Waals surface area contributed by atoms with Crippen molar-refractivity contribution in [2.24, 2.45) is 0 Å². The van der Waals surface area contributed by atoms with Gasteiger partial charge in [-0.2, -0.15) is 0 Å². The van der Waals surface area contributed by atoms with Gasteiger partial charge < -0.3 is 21.7 Å². The number of alkyl halides is 2. The first kappa shape index (κ1) is 14.6. The van der Waals surface area contributed by atoms with Crippen molar-refractivity contribution in [3.8, 4) is 22.6 Å². The molecule has 0 radical (unpaired) electrons. The van der Waals surface area contributed by atoms with Gasteiger partial charge in [0.25, 0.3) is 0 Å². The van der Waals surface area contributed by atoms with Crippen LogP contribution in [0.15, 0.2) is 36.4 Å². The fraction of sp³-hybridized carbons (Fsp3) is 0.0769. The van der Waals surface area contributed by atoms with Crippen LogP contribution < -0.4 is 11.5 Å². The average Bonchev–Trinajstić information content (AvgIpc) is 2.37. The molecule has 0 unspecified atom stereocenters. The van der Waals surface area contributed by atoms with Gasteiger partial charge in [-0.25, -0.2) is 8.78 Å². The van der Waals surface area contributed by atoms with Gasteiger partial charge in [0, 0.05) is 0 Å². The number of hydrogen-bond acceptors (Lipinski definition) is 4. The minimum atomic E-state index is -1.75. The highest BCUT2D eigenvalue weighted by molar-refractivity contribution is 5.73. The van der Waals surface area contributed by atoms with Crippen LogP contribution in [0, 0.1) is 0 Å². The van der Waals surface area contributed by atoms with Crippen molar-refractivity contribution in [2.75, 3.05) is 18.4 Å². The largest absolute Gasteiger partial charge is 0.506 e. The third kappa shape index (κ3) is 3.74. The number of anilines is 2. The van der Waals surface area contributed by atoms with Crippen LogP contribution in [0.4, 0.5) is 20.2 Å². The van der Waals surface area contributed by atoms with E-state index in [0.29, 0.717) is 11.4 Å². The lowest BCUT2D eigenvalue weighted by atomic mass is 10.0. The molecule has 2 rings (SSSR count). The van der Waals surface area contributed by atoms with Gasteiger partial charge >= 0.3 is 0 Å². The Hall–Kier alpha value is -2.50. The van der Waals surface area contributed by atoms with E-state index in [1.165, 1.54) is 6.07 Å². The maximum atomic E-state index is 9.62. The molecule has 0 saturated heterocycles. The number of phenols is 2. The Morgan fingerprint density at radius 2 is 1.32 bits per heavy atom. The third-order valence-corrected chi connectivity index (χ3v) is 2.39. The molecular formula is C13H14F2N2O2. The second-order valence-electron chi connectivity index (χ2n) is 3.65. The van der Waals surface area contributed by atoms with E-state index < -0.39 is 6.93 Å². The molecule has 0 spiro atoms. The molecule has 0 heterocycles. The maximum Gasteiger partial charge on any atom is 0.229 e. The highest BCUT2D eigenvalue weighted by Crippen LogP contribution is 2.31. The van der Waals surface area contributed by atoms with Crippen LogP contribution in [0.2, 0.25) is 0 Å². The summed E-state index contributed by atoms with van der Waals surface area (Å²) in [7, 11) is 0. The second kappa shape index (κ2) is 6.44. The van der Waals surface area contributed by atoms with Crippen LogP contribution in [0.5, 0.6) is 11.5 Å². The summed E-state index contributed by atoms with van der Waals surface area (Å²) >= 11 is 0. The zero-order valence-corrected chi connectivity index (χ0v) is 9.98. The molecule has 2 aromatic rings. The molecule has 4 nitrogen and oxygen atoms in total. The monoisotopic (exact) mass is 268 g/mol. The van der Waals surface area contributed by atoms with Crippen molar-refractivity contribution in [2.45, 2.75) is 0 Å². The number of hydrogen-bond donors (Lipinski definition) is 4. The molecule has 0 aromatic heterocycles. The van der Waals surface area contributed by atoms with Gasteiger partial charge in [-0.05, 0) is 35.4 Å². The molecule has 0 aliphatic heterocycles. The first-order valence-electron chi connectivity index (χ1n) is 5.29. The smallest absolute Gasteiger partial charge is 0.229 e. The van der Waals surface area contributed by atoms with Gasteiger partial charge in [-0.1, -0.05) is 12.1 Å². The predicted octanol–water partition coefficient (Wildman–Crippen LogP) is 2.81. The first-order valence-corrected chi connectivity index (χ1v) is 5.29. The van der Waals surface area contributed by atoms with Crippen LogP contribution in [-0.2, 0) is 0 Å². The third-order valence-electron chi connectivity index (χ3n) is 2.39. The Balaban J connectivity index is 0.000000550. The number of halogens is 2. The number of benzene rings is 2. The molecule has 0 amide bonds. The summed E-state index contributed by atoms with van der Waals surface area (Å²) in [6.45, 7) is -1.75. The molecule has 0 aliphatic carbocycles. The van der Waals surface area contributed by atoms with Gasteiger partial charge in [0.2, 0.25) is 6.93 Å². The van der Waals surface area contributed by atoms with Crippen molar-refractivity contribution in [1.29, 1.82) is 0 Å². The van der Waals surface area contributed by atoms with Crippen LogP contribution >= 0.6 is 0 Å². The second-order valence-corrected chi connectivity index (χ2v) is 3.65. The minimum Gasteiger partial charge on any atom is -0.506 e. The molecule has 2 aromatic carbocycles. The molecule has 0 atom stereocenters. The fourth-order valence-electron chi connectivity index (χ4n) is 1.46. The summed E-state index contributed by atoms with van der Waals surface area (Å²) in [5.74, 6) is 0.0764. The van der Waals surface area contributed by atoms with Crippen LogP contribution in [0.1, 0.15) is 0 Å². The summed E-state index contributed by atoms with van der Waals surface area (Å²) in [5.41, 5.74) is 13.3. The number of phenolic OH excluding ortho intramolecular Hbond substituents is 2. The first-order chi connectivity index (χ1) is 8.99.